The van der Waals surface area contributed by atoms with Crippen LogP contribution in [0.15, 0.2) is 0 Å². The van der Waals surface area contributed by atoms with Gasteiger partial charge < -0.3 is 0 Å². The third-order valence-electron chi connectivity index (χ3n) is 4.08. The van der Waals surface area contributed by atoms with E-state index in [-0.39, 0.29) is 0 Å². The van der Waals surface area contributed by atoms with Gasteiger partial charge in [0.2, 0.25) is 0 Å². The van der Waals surface area contributed by atoms with Gasteiger partial charge in [-0.25, -0.2) is 0 Å². The molecule has 0 N–H and O–H groups in total. The highest BCUT2D eigenvalue weighted by Crippen LogP contribution is 2.36. The predicted octanol–water partition coefficient (Wildman–Crippen LogP) is 5.23. The second kappa shape index (κ2) is 7.40. The Labute approximate surface area is 105 Å². The van der Waals surface area contributed by atoms with Crippen LogP contribution in [0.4, 0.5) is 0 Å². The van der Waals surface area contributed by atoms with Crippen LogP contribution < -0.4 is 0 Å². The van der Waals surface area contributed by atoms with Gasteiger partial charge in [-0.3, -0.25) is 0 Å². The lowest BCUT2D eigenvalue weighted by atomic mass is 9.71. The van der Waals surface area contributed by atoms with Gasteiger partial charge in [0.05, 0.1) is 7.85 Å². The minimum absolute atomic E-state index is 0.413. The molecule has 0 aromatic rings. The lowest BCUT2D eigenvalue weighted by Gasteiger charge is -2.33. The average Bonchev–Trinajstić information content (AvgIpc) is 2.16. The largest absolute Gasteiger partial charge is 0.0776 e. The second-order valence-corrected chi connectivity index (χ2v) is 6.58. The standard InChI is InChI=1S/C15H31B/c1-7-14(16)9-8-10-15(5,6)13(4)11-12(2)3/h12-14H,7-11H2,1-6H3. The van der Waals surface area contributed by atoms with E-state index in [0.29, 0.717) is 11.2 Å². The normalized spacial score (nSPS) is 16.4. The van der Waals surface area contributed by atoms with Gasteiger partial charge in [0.25, 0.3) is 0 Å². The van der Waals surface area contributed by atoms with Gasteiger partial charge in [0, 0.05) is 0 Å². The number of rotatable bonds is 8. The molecular weight excluding hydrogens is 191 g/mol. The zero-order valence-electron chi connectivity index (χ0n) is 12.3. The van der Waals surface area contributed by atoms with Gasteiger partial charge in [-0.05, 0) is 30.1 Å². The maximum Gasteiger partial charge on any atom is 0.0699 e. The molecule has 0 fully saturated rings. The molecule has 0 aliphatic rings. The summed E-state index contributed by atoms with van der Waals surface area (Å²) in [7, 11) is 5.96. The van der Waals surface area contributed by atoms with Gasteiger partial charge in [-0.1, -0.05) is 66.6 Å². The minimum atomic E-state index is 0.413. The van der Waals surface area contributed by atoms with Crippen LogP contribution >= 0.6 is 0 Å². The summed E-state index contributed by atoms with van der Waals surface area (Å²) in [6.45, 7) is 14.0. The van der Waals surface area contributed by atoms with Gasteiger partial charge in [0.1, 0.15) is 0 Å². The fourth-order valence-corrected chi connectivity index (χ4v) is 2.30. The van der Waals surface area contributed by atoms with Crippen LogP contribution in [0, 0.1) is 17.3 Å². The number of hydrogen-bond acceptors (Lipinski definition) is 0. The molecule has 2 unspecified atom stereocenters. The van der Waals surface area contributed by atoms with Crippen LogP contribution in [0.25, 0.3) is 0 Å². The molecule has 0 aliphatic heterocycles. The summed E-state index contributed by atoms with van der Waals surface area (Å²) in [5.74, 6) is 2.04. The minimum Gasteiger partial charge on any atom is -0.0776 e. The Bertz CT molecular complexity index is 172. The molecule has 0 rings (SSSR count). The highest BCUT2D eigenvalue weighted by molar-refractivity contribution is 6.11. The Hall–Kier alpha value is 0.0649. The Balaban J connectivity index is 3.93. The molecule has 16 heavy (non-hydrogen) atoms. The molecule has 0 aromatic heterocycles. The van der Waals surface area contributed by atoms with E-state index in [1.54, 1.807) is 0 Å². The van der Waals surface area contributed by atoms with Gasteiger partial charge in [0.15, 0.2) is 0 Å². The third kappa shape index (κ3) is 6.61. The molecular formula is C15H31B. The predicted molar refractivity (Wildman–Crippen MR) is 76.0 cm³/mol. The summed E-state index contributed by atoms with van der Waals surface area (Å²) in [6.07, 6.45) is 6.24. The maximum absolute atomic E-state index is 5.96. The maximum atomic E-state index is 5.96. The van der Waals surface area contributed by atoms with Gasteiger partial charge in [-0.2, -0.15) is 0 Å². The quantitative estimate of drug-likeness (QED) is 0.493. The van der Waals surface area contributed by atoms with Crippen LogP contribution in [0.2, 0.25) is 5.82 Å². The van der Waals surface area contributed by atoms with E-state index in [1.807, 2.05) is 0 Å². The fraction of sp³-hybridized carbons (Fsp3) is 1.00. The van der Waals surface area contributed by atoms with Crippen molar-refractivity contribution in [3.05, 3.63) is 0 Å². The van der Waals surface area contributed by atoms with Crippen molar-refractivity contribution in [1.29, 1.82) is 0 Å². The van der Waals surface area contributed by atoms with Gasteiger partial charge in [-0.15, -0.1) is 0 Å². The van der Waals surface area contributed by atoms with Crippen molar-refractivity contribution < 1.29 is 0 Å². The van der Waals surface area contributed by atoms with E-state index in [9.17, 15) is 0 Å². The smallest absolute Gasteiger partial charge is 0.0699 e. The van der Waals surface area contributed by atoms with E-state index in [1.165, 1.54) is 25.7 Å². The SMILES string of the molecule is [B]C(CC)CCCC(C)(C)C(C)CC(C)C. The van der Waals surface area contributed by atoms with Crippen LogP contribution in [-0.4, -0.2) is 7.85 Å². The molecule has 0 amide bonds. The van der Waals surface area contributed by atoms with Crippen molar-refractivity contribution in [2.24, 2.45) is 17.3 Å². The lowest BCUT2D eigenvalue weighted by molar-refractivity contribution is 0.178. The molecule has 0 aliphatic carbocycles. The molecule has 0 heterocycles. The van der Waals surface area contributed by atoms with E-state index in [4.69, 9.17) is 7.85 Å². The van der Waals surface area contributed by atoms with E-state index < -0.39 is 0 Å². The van der Waals surface area contributed by atoms with Crippen LogP contribution in [0.3, 0.4) is 0 Å². The topological polar surface area (TPSA) is 0 Å². The Morgan fingerprint density at radius 2 is 1.69 bits per heavy atom. The first-order valence-corrected chi connectivity index (χ1v) is 7.05. The second-order valence-electron chi connectivity index (χ2n) is 6.58. The molecule has 2 atom stereocenters. The highest BCUT2D eigenvalue weighted by Gasteiger charge is 2.25. The molecule has 0 spiro atoms. The van der Waals surface area contributed by atoms with Crippen molar-refractivity contribution in [2.45, 2.75) is 79.5 Å². The van der Waals surface area contributed by atoms with Crippen molar-refractivity contribution in [2.75, 3.05) is 0 Å². The van der Waals surface area contributed by atoms with Crippen LogP contribution in [0.1, 0.15) is 73.6 Å². The average molecular weight is 222 g/mol. The van der Waals surface area contributed by atoms with Crippen molar-refractivity contribution in [3.63, 3.8) is 0 Å². The Morgan fingerprint density at radius 1 is 1.12 bits per heavy atom. The summed E-state index contributed by atoms with van der Waals surface area (Å²) in [5.41, 5.74) is 0.470. The van der Waals surface area contributed by atoms with Crippen molar-refractivity contribution in [3.8, 4) is 0 Å². The Morgan fingerprint density at radius 3 is 2.12 bits per heavy atom. The van der Waals surface area contributed by atoms with Crippen LogP contribution in [-0.2, 0) is 0 Å². The lowest BCUT2D eigenvalue weighted by Crippen LogP contribution is -2.23. The fourth-order valence-electron chi connectivity index (χ4n) is 2.30. The first-order chi connectivity index (χ1) is 7.29. The summed E-state index contributed by atoms with van der Waals surface area (Å²) >= 11 is 0. The molecule has 2 radical (unpaired) electrons. The zero-order chi connectivity index (χ0) is 12.8. The van der Waals surface area contributed by atoms with E-state index in [2.05, 4.69) is 41.5 Å². The van der Waals surface area contributed by atoms with E-state index in [0.717, 1.165) is 18.3 Å². The number of hydrogen-bond donors (Lipinski definition) is 0. The summed E-state index contributed by atoms with van der Waals surface area (Å²) in [5, 5.41) is 0. The highest BCUT2D eigenvalue weighted by atomic mass is 14.3. The van der Waals surface area contributed by atoms with Crippen LogP contribution in [0.5, 0.6) is 0 Å². The molecule has 0 saturated carbocycles. The summed E-state index contributed by atoms with van der Waals surface area (Å²) in [4.78, 5) is 0. The molecule has 0 nitrogen and oxygen atoms in total. The first kappa shape index (κ1) is 16.1. The van der Waals surface area contributed by atoms with E-state index >= 15 is 0 Å². The molecule has 0 saturated heterocycles. The molecule has 94 valence electrons. The third-order valence-corrected chi connectivity index (χ3v) is 4.08. The van der Waals surface area contributed by atoms with Crippen molar-refractivity contribution >= 4 is 7.85 Å². The Kier molecular flexibility index (Phi) is 7.43. The van der Waals surface area contributed by atoms with Gasteiger partial charge >= 0.3 is 0 Å². The van der Waals surface area contributed by atoms with Crippen molar-refractivity contribution in [1.82, 2.24) is 0 Å². The summed E-state index contributed by atoms with van der Waals surface area (Å²) < 4.78 is 0. The zero-order valence-corrected chi connectivity index (χ0v) is 12.3. The monoisotopic (exact) mass is 222 g/mol. The molecule has 0 bridgehead atoms. The first-order valence-electron chi connectivity index (χ1n) is 7.05. The molecule has 1 heteroatoms. The molecule has 0 aromatic carbocycles. The summed E-state index contributed by atoms with van der Waals surface area (Å²) in [6, 6.07) is 0.